The van der Waals surface area contributed by atoms with E-state index in [9.17, 15) is 18.0 Å². The number of sulfonamides is 1. The fourth-order valence-corrected chi connectivity index (χ4v) is 3.39. The minimum absolute atomic E-state index is 0.128. The molecule has 1 unspecified atom stereocenters. The number of methoxy groups -OCH3 is 1. The van der Waals surface area contributed by atoms with Gasteiger partial charge in [0.1, 0.15) is 4.90 Å². The van der Waals surface area contributed by atoms with Crippen LogP contribution < -0.4 is 10.0 Å². The average Bonchev–Trinajstić information content (AvgIpc) is 2.45. The van der Waals surface area contributed by atoms with Crippen molar-refractivity contribution in [3.8, 4) is 0 Å². The first kappa shape index (κ1) is 18.4. The van der Waals surface area contributed by atoms with E-state index in [0.717, 1.165) is 0 Å². The molecular weight excluding hydrogens is 332 g/mol. The number of ether oxygens (including phenoxy) is 1. The molecule has 0 spiro atoms. The first-order valence-electron chi connectivity index (χ1n) is 6.40. The highest BCUT2D eigenvalue weighted by atomic mass is 35.5. The van der Waals surface area contributed by atoms with Crippen LogP contribution in [0.1, 0.15) is 24.2 Å². The molecule has 1 aromatic rings. The van der Waals surface area contributed by atoms with E-state index in [1.807, 2.05) is 0 Å². The number of nitrogens with one attached hydrogen (secondary N) is 2. The predicted molar refractivity (Wildman–Crippen MR) is 81.3 cm³/mol. The van der Waals surface area contributed by atoms with E-state index in [1.54, 1.807) is 6.92 Å². The summed E-state index contributed by atoms with van der Waals surface area (Å²) in [5.74, 6) is -1.08. The summed E-state index contributed by atoms with van der Waals surface area (Å²) < 4.78 is 31.2. The number of hydrogen-bond acceptors (Lipinski definition) is 5. The molecule has 0 fully saturated rings. The van der Waals surface area contributed by atoms with Crippen molar-refractivity contribution in [2.75, 3.05) is 13.7 Å². The lowest BCUT2D eigenvalue weighted by Gasteiger charge is -2.14. The third-order valence-electron chi connectivity index (χ3n) is 2.72. The summed E-state index contributed by atoms with van der Waals surface area (Å²) >= 11 is 5.91. The Bertz CT molecular complexity index is 675. The van der Waals surface area contributed by atoms with Gasteiger partial charge in [0.2, 0.25) is 15.9 Å². The van der Waals surface area contributed by atoms with Crippen LogP contribution >= 0.6 is 11.6 Å². The Kier molecular flexibility index (Phi) is 6.34. The van der Waals surface area contributed by atoms with E-state index in [-0.39, 0.29) is 15.5 Å². The van der Waals surface area contributed by atoms with Crippen molar-refractivity contribution < 1.29 is 22.7 Å². The van der Waals surface area contributed by atoms with Crippen LogP contribution in [0.25, 0.3) is 0 Å². The van der Waals surface area contributed by atoms with Crippen LogP contribution in [0.2, 0.25) is 5.02 Å². The van der Waals surface area contributed by atoms with Crippen LogP contribution in [-0.4, -0.2) is 40.0 Å². The van der Waals surface area contributed by atoms with Crippen molar-refractivity contribution in [2.24, 2.45) is 0 Å². The second-order valence-electron chi connectivity index (χ2n) is 4.37. The van der Waals surface area contributed by atoms with E-state index in [2.05, 4.69) is 14.8 Å². The monoisotopic (exact) mass is 348 g/mol. The van der Waals surface area contributed by atoms with Gasteiger partial charge in [0.15, 0.2) is 0 Å². The first-order valence-corrected chi connectivity index (χ1v) is 8.27. The number of amides is 1. The van der Waals surface area contributed by atoms with Crippen molar-refractivity contribution >= 4 is 33.5 Å². The fourth-order valence-electron chi connectivity index (χ4n) is 1.64. The van der Waals surface area contributed by atoms with Gasteiger partial charge >= 0.3 is 5.97 Å². The quantitative estimate of drug-likeness (QED) is 0.745. The third kappa shape index (κ3) is 4.43. The predicted octanol–water partition coefficient (Wildman–Crippen LogP) is 0.929. The normalized spacial score (nSPS) is 12.5. The standard InChI is InChI=1S/C13H17ClN2O5S/c1-4-15-12(17)8(2)16-22(19,20)11-6-5-9(7-10(11)14)13(18)21-3/h5-8,16H,4H2,1-3H3,(H,15,17). The second kappa shape index (κ2) is 7.57. The van der Waals surface area contributed by atoms with E-state index in [1.165, 1.54) is 32.2 Å². The maximum absolute atomic E-state index is 12.2. The molecule has 0 heterocycles. The molecule has 9 heteroatoms. The number of halogens is 1. The molecule has 1 amide bonds. The van der Waals surface area contributed by atoms with Crippen LogP contribution in [0.5, 0.6) is 0 Å². The molecule has 0 aliphatic heterocycles. The Morgan fingerprint density at radius 1 is 1.36 bits per heavy atom. The molecule has 1 atom stereocenters. The van der Waals surface area contributed by atoms with Crippen LogP contribution in [0, 0.1) is 0 Å². The number of carbonyl (C=O) groups is 2. The Morgan fingerprint density at radius 3 is 2.50 bits per heavy atom. The number of carbonyl (C=O) groups excluding carboxylic acids is 2. The third-order valence-corrected chi connectivity index (χ3v) is 4.74. The average molecular weight is 349 g/mol. The summed E-state index contributed by atoms with van der Waals surface area (Å²) in [6.07, 6.45) is 0. The molecule has 7 nitrogen and oxygen atoms in total. The molecule has 0 bridgehead atoms. The molecular formula is C13H17ClN2O5S. The number of benzene rings is 1. The van der Waals surface area contributed by atoms with Gasteiger partial charge in [0, 0.05) is 6.54 Å². The van der Waals surface area contributed by atoms with Crippen molar-refractivity contribution in [1.29, 1.82) is 0 Å². The molecule has 0 aliphatic carbocycles. The zero-order valence-electron chi connectivity index (χ0n) is 12.3. The van der Waals surface area contributed by atoms with Gasteiger partial charge in [-0.05, 0) is 32.0 Å². The Balaban J connectivity index is 3.03. The molecule has 22 heavy (non-hydrogen) atoms. The highest BCUT2D eigenvalue weighted by molar-refractivity contribution is 7.89. The number of likely N-dealkylation sites (N-methyl/N-ethyl adjacent to an activating group) is 1. The Morgan fingerprint density at radius 2 is 2.00 bits per heavy atom. The molecule has 1 aromatic carbocycles. The van der Waals surface area contributed by atoms with E-state index >= 15 is 0 Å². The van der Waals surface area contributed by atoms with E-state index in [4.69, 9.17) is 11.6 Å². The van der Waals surface area contributed by atoms with Gasteiger partial charge in [-0.15, -0.1) is 0 Å². The zero-order chi connectivity index (χ0) is 16.9. The smallest absolute Gasteiger partial charge is 0.337 e. The molecule has 0 saturated carbocycles. The van der Waals surface area contributed by atoms with Gasteiger partial charge in [-0.3, -0.25) is 4.79 Å². The second-order valence-corrected chi connectivity index (χ2v) is 6.46. The fraction of sp³-hybridized carbons (Fsp3) is 0.385. The molecule has 0 saturated heterocycles. The highest BCUT2D eigenvalue weighted by Gasteiger charge is 2.24. The van der Waals surface area contributed by atoms with Crippen molar-refractivity contribution in [1.82, 2.24) is 10.0 Å². The van der Waals surface area contributed by atoms with Gasteiger partial charge in [-0.1, -0.05) is 11.6 Å². The lowest BCUT2D eigenvalue weighted by Crippen LogP contribution is -2.44. The topological polar surface area (TPSA) is 102 Å². The maximum atomic E-state index is 12.2. The highest BCUT2D eigenvalue weighted by Crippen LogP contribution is 2.23. The number of esters is 1. The Hall–Kier alpha value is -1.64. The van der Waals surface area contributed by atoms with Crippen LogP contribution in [0.15, 0.2) is 23.1 Å². The molecule has 0 aromatic heterocycles. The summed E-state index contributed by atoms with van der Waals surface area (Å²) in [5, 5.41) is 2.37. The summed E-state index contributed by atoms with van der Waals surface area (Å²) in [7, 11) is -2.79. The number of hydrogen-bond donors (Lipinski definition) is 2. The summed E-state index contributed by atoms with van der Waals surface area (Å²) in [5.41, 5.74) is 0.128. The van der Waals surface area contributed by atoms with E-state index in [0.29, 0.717) is 6.54 Å². The summed E-state index contributed by atoms with van der Waals surface area (Å²) in [4.78, 5) is 22.7. The SMILES string of the molecule is CCNC(=O)C(C)NS(=O)(=O)c1ccc(C(=O)OC)cc1Cl. The van der Waals surface area contributed by atoms with Crippen LogP contribution in [-0.2, 0) is 19.6 Å². The maximum Gasteiger partial charge on any atom is 0.337 e. The minimum atomic E-state index is -4.00. The molecule has 0 radical (unpaired) electrons. The number of rotatable bonds is 6. The molecule has 1 rings (SSSR count). The van der Waals surface area contributed by atoms with Gasteiger partial charge in [0.25, 0.3) is 0 Å². The molecule has 122 valence electrons. The van der Waals surface area contributed by atoms with Gasteiger partial charge in [0.05, 0.1) is 23.7 Å². The van der Waals surface area contributed by atoms with Crippen molar-refractivity contribution in [3.63, 3.8) is 0 Å². The largest absolute Gasteiger partial charge is 0.465 e. The first-order chi connectivity index (χ1) is 10.2. The zero-order valence-corrected chi connectivity index (χ0v) is 13.9. The summed E-state index contributed by atoms with van der Waals surface area (Å²) in [6.45, 7) is 3.53. The summed E-state index contributed by atoms with van der Waals surface area (Å²) in [6, 6.07) is 2.70. The van der Waals surface area contributed by atoms with Gasteiger partial charge < -0.3 is 10.1 Å². The minimum Gasteiger partial charge on any atom is -0.465 e. The Labute approximate surface area is 134 Å². The van der Waals surface area contributed by atoms with Crippen LogP contribution in [0.3, 0.4) is 0 Å². The lowest BCUT2D eigenvalue weighted by atomic mass is 10.2. The molecule has 2 N–H and O–H groups in total. The lowest BCUT2D eigenvalue weighted by molar-refractivity contribution is -0.122. The van der Waals surface area contributed by atoms with Crippen molar-refractivity contribution in [2.45, 2.75) is 24.8 Å². The van der Waals surface area contributed by atoms with Crippen molar-refractivity contribution in [3.05, 3.63) is 28.8 Å². The van der Waals surface area contributed by atoms with Crippen LogP contribution in [0.4, 0.5) is 0 Å². The molecule has 0 aliphatic rings. The van der Waals surface area contributed by atoms with Gasteiger partial charge in [-0.25, -0.2) is 13.2 Å². The van der Waals surface area contributed by atoms with E-state index < -0.39 is 27.9 Å². The van der Waals surface area contributed by atoms with Gasteiger partial charge in [-0.2, -0.15) is 4.72 Å².